The van der Waals surface area contributed by atoms with E-state index in [2.05, 4.69) is 10.5 Å². The highest BCUT2D eigenvalue weighted by Crippen LogP contribution is 2.32. The Morgan fingerprint density at radius 1 is 1.16 bits per heavy atom. The van der Waals surface area contributed by atoms with Gasteiger partial charge < -0.3 is 9.47 Å². The number of halogens is 3. The molecule has 8 nitrogen and oxygen atoms in total. The summed E-state index contributed by atoms with van der Waals surface area (Å²) in [7, 11) is -1.14. The number of hydrazone groups is 1. The Bertz CT molecular complexity index is 1070. The monoisotopic (exact) mass is 459 g/mol. The maximum atomic E-state index is 12.9. The van der Waals surface area contributed by atoms with Gasteiger partial charge in [-0.3, -0.25) is 9.10 Å². The number of hydrogen-bond donors (Lipinski definition) is 1. The van der Waals surface area contributed by atoms with Gasteiger partial charge in [0.1, 0.15) is 18.0 Å². The molecule has 31 heavy (non-hydrogen) atoms. The van der Waals surface area contributed by atoms with E-state index in [1.54, 1.807) is 18.2 Å². The topological polar surface area (TPSA) is 97.3 Å². The normalized spacial score (nSPS) is 11.9. The summed E-state index contributed by atoms with van der Waals surface area (Å²) in [6, 6.07) is 8.55. The smallest absolute Gasteiger partial charge is 0.416 e. The molecule has 1 amide bonds. The second-order valence-electron chi connectivity index (χ2n) is 6.22. The van der Waals surface area contributed by atoms with Gasteiger partial charge in [0.2, 0.25) is 10.0 Å². The third-order valence-corrected chi connectivity index (χ3v) is 5.12. The van der Waals surface area contributed by atoms with E-state index >= 15 is 0 Å². The summed E-state index contributed by atoms with van der Waals surface area (Å²) in [5, 5.41) is 3.75. The first kappa shape index (κ1) is 24.0. The predicted octanol–water partition coefficient (Wildman–Crippen LogP) is 2.64. The highest BCUT2D eigenvalue weighted by molar-refractivity contribution is 7.92. The van der Waals surface area contributed by atoms with Crippen LogP contribution < -0.4 is 19.2 Å². The largest absolute Gasteiger partial charge is 0.497 e. The molecule has 0 heterocycles. The predicted molar refractivity (Wildman–Crippen MR) is 109 cm³/mol. The zero-order valence-electron chi connectivity index (χ0n) is 16.8. The van der Waals surface area contributed by atoms with E-state index < -0.39 is 34.2 Å². The maximum Gasteiger partial charge on any atom is 0.416 e. The average molecular weight is 459 g/mol. The molecule has 0 fully saturated rings. The minimum Gasteiger partial charge on any atom is -0.497 e. The Morgan fingerprint density at radius 2 is 1.87 bits per heavy atom. The van der Waals surface area contributed by atoms with Crippen molar-refractivity contribution in [1.29, 1.82) is 0 Å². The number of carbonyl (C=O) groups is 1. The van der Waals surface area contributed by atoms with Crippen molar-refractivity contribution in [2.45, 2.75) is 6.18 Å². The summed E-state index contributed by atoms with van der Waals surface area (Å²) in [6.45, 7) is -0.771. The molecule has 0 aliphatic rings. The number of ether oxygens (including phenoxy) is 2. The number of anilines is 1. The molecule has 0 aromatic heterocycles. The van der Waals surface area contributed by atoms with Crippen molar-refractivity contribution in [3.63, 3.8) is 0 Å². The van der Waals surface area contributed by atoms with Gasteiger partial charge in [0.15, 0.2) is 0 Å². The van der Waals surface area contributed by atoms with Gasteiger partial charge in [-0.2, -0.15) is 18.3 Å². The fourth-order valence-corrected chi connectivity index (χ4v) is 3.37. The van der Waals surface area contributed by atoms with E-state index in [0.29, 0.717) is 27.4 Å². The molecule has 2 rings (SSSR count). The zero-order valence-corrected chi connectivity index (χ0v) is 17.6. The number of amides is 1. The van der Waals surface area contributed by atoms with Gasteiger partial charge in [-0.1, -0.05) is 6.07 Å². The summed E-state index contributed by atoms with van der Waals surface area (Å²) < 4.78 is 73.8. The first-order valence-electron chi connectivity index (χ1n) is 8.64. The van der Waals surface area contributed by atoms with E-state index in [9.17, 15) is 26.4 Å². The highest BCUT2D eigenvalue weighted by Gasteiger charge is 2.32. The molecule has 1 N–H and O–H groups in total. The fourth-order valence-electron chi connectivity index (χ4n) is 2.52. The molecule has 12 heteroatoms. The van der Waals surface area contributed by atoms with Gasteiger partial charge in [0.05, 0.1) is 37.9 Å². The van der Waals surface area contributed by atoms with Crippen LogP contribution in [-0.2, 0) is 21.0 Å². The summed E-state index contributed by atoms with van der Waals surface area (Å²) in [5.41, 5.74) is 1.28. The lowest BCUT2D eigenvalue weighted by Crippen LogP contribution is -2.39. The lowest BCUT2D eigenvalue weighted by Gasteiger charge is -2.22. The Hall–Kier alpha value is -3.28. The van der Waals surface area contributed by atoms with Crippen molar-refractivity contribution in [3.8, 4) is 11.5 Å². The van der Waals surface area contributed by atoms with E-state index in [1.165, 1.54) is 20.4 Å². The number of methoxy groups -OCH3 is 2. The van der Waals surface area contributed by atoms with Gasteiger partial charge in [-0.05, 0) is 36.4 Å². The van der Waals surface area contributed by atoms with Crippen molar-refractivity contribution in [2.24, 2.45) is 5.10 Å². The molecule has 0 radical (unpaired) electrons. The number of rotatable bonds is 8. The lowest BCUT2D eigenvalue weighted by molar-refractivity contribution is -0.137. The second kappa shape index (κ2) is 9.69. The van der Waals surface area contributed by atoms with Gasteiger partial charge in [-0.15, -0.1) is 0 Å². The molecule has 0 saturated heterocycles. The van der Waals surface area contributed by atoms with Crippen LogP contribution in [0, 0.1) is 0 Å². The van der Waals surface area contributed by atoms with Crippen LogP contribution in [0.3, 0.4) is 0 Å². The van der Waals surface area contributed by atoms with Crippen LogP contribution in [0.5, 0.6) is 11.5 Å². The quantitative estimate of drug-likeness (QED) is 0.484. The van der Waals surface area contributed by atoms with Crippen LogP contribution in [0.15, 0.2) is 47.6 Å². The summed E-state index contributed by atoms with van der Waals surface area (Å²) in [4.78, 5) is 12.2. The molecule has 0 atom stereocenters. The third kappa shape index (κ3) is 6.60. The minimum absolute atomic E-state index is 0.300. The van der Waals surface area contributed by atoms with Crippen molar-refractivity contribution in [2.75, 3.05) is 31.3 Å². The second-order valence-corrected chi connectivity index (χ2v) is 8.13. The van der Waals surface area contributed by atoms with Gasteiger partial charge >= 0.3 is 6.18 Å². The summed E-state index contributed by atoms with van der Waals surface area (Å²) in [6.07, 6.45) is -2.62. The van der Waals surface area contributed by atoms with Crippen LogP contribution in [0.1, 0.15) is 11.1 Å². The molecule has 0 spiro atoms. The van der Waals surface area contributed by atoms with Crippen molar-refractivity contribution < 1.29 is 35.9 Å². The number of carbonyl (C=O) groups excluding carboxylic acids is 1. The molecule has 0 aliphatic heterocycles. The molecule has 2 aromatic rings. The molecule has 0 unspecified atom stereocenters. The number of nitrogens with one attached hydrogen (secondary N) is 1. The minimum atomic E-state index is -4.67. The van der Waals surface area contributed by atoms with E-state index in [-0.39, 0.29) is 5.69 Å². The fraction of sp³-hybridized carbons (Fsp3) is 0.263. The summed E-state index contributed by atoms with van der Waals surface area (Å²) >= 11 is 0. The molecular formula is C19H20F3N3O5S. The van der Waals surface area contributed by atoms with E-state index in [0.717, 1.165) is 24.5 Å². The van der Waals surface area contributed by atoms with Gasteiger partial charge in [-0.25, -0.2) is 13.8 Å². The SMILES string of the molecule is COc1ccc(OC)c(/C=N/NC(=O)CN(c2cccc(C(F)(F)F)c2)S(C)(=O)=O)c1. The molecular weight excluding hydrogens is 439 g/mol. The Kier molecular flexibility index (Phi) is 7.50. The molecule has 0 bridgehead atoms. The molecule has 2 aromatic carbocycles. The van der Waals surface area contributed by atoms with Gasteiger partial charge in [0, 0.05) is 5.56 Å². The average Bonchev–Trinajstić information content (AvgIpc) is 2.70. The standard InChI is InChI=1S/C19H20F3N3O5S/c1-29-16-7-8-17(30-2)13(9-16)11-23-24-18(26)12-25(31(3,27)28)15-6-4-5-14(10-15)19(20,21)22/h4-11H,12H2,1-3H3,(H,24,26)/b23-11+. The van der Waals surface area contributed by atoms with Crippen molar-refractivity contribution >= 4 is 27.8 Å². The maximum absolute atomic E-state index is 12.9. The Labute approximate surface area is 177 Å². The first-order valence-corrected chi connectivity index (χ1v) is 10.5. The summed E-state index contributed by atoms with van der Waals surface area (Å²) in [5.74, 6) is 0.0999. The van der Waals surface area contributed by atoms with Gasteiger partial charge in [0.25, 0.3) is 5.91 Å². The number of nitrogens with zero attached hydrogens (tertiary/aromatic N) is 2. The van der Waals surface area contributed by atoms with E-state index in [4.69, 9.17) is 9.47 Å². The highest BCUT2D eigenvalue weighted by atomic mass is 32.2. The van der Waals surface area contributed by atoms with Crippen molar-refractivity contribution in [3.05, 3.63) is 53.6 Å². The lowest BCUT2D eigenvalue weighted by atomic mass is 10.2. The van der Waals surface area contributed by atoms with Crippen LogP contribution in [0.4, 0.5) is 18.9 Å². The molecule has 168 valence electrons. The number of sulfonamides is 1. The zero-order chi connectivity index (χ0) is 23.2. The van der Waals surface area contributed by atoms with E-state index in [1.807, 2.05) is 0 Å². The first-order chi connectivity index (χ1) is 14.5. The third-order valence-electron chi connectivity index (χ3n) is 3.98. The number of alkyl halides is 3. The van der Waals surface area contributed by atoms with Crippen LogP contribution in [-0.4, -0.2) is 47.6 Å². The van der Waals surface area contributed by atoms with Crippen LogP contribution >= 0.6 is 0 Å². The van der Waals surface area contributed by atoms with Crippen LogP contribution in [0.2, 0.25) is 0 Å². The van der Waals surface area contributed by atoms with Crippen LogP contribution in [0.25, 0.3) is 0 Å². The number of hydrogen-bond acceptors (Lipinski definition) is 6. The van der Waals surface area contributed by atoms with Crippen molar-refractivity contribution in [1.82, 2.24) is 5.43 Å². The molecule has 0 saturated carbocycles. The Morgan fingerprint density at radius 3 is 2.45 bits per heavy atom. The number of benzene rings is 2. The Balaban J connectivity index is 2.19. The molecule has 0 aliphatic carbocycles.